The second-order valence-electron chi connectivity index (χ2n) is 4.47. The van der Waals surface area contributed by atoms with Crippen LogP contribution in [0.4, 0.5) is 0 Å². The van der Waals surface area contributed by atoms with Crippen molar-refractivity contribution < 1.29 is 14.6 Å². The first-order valence-electron chi connectivity index (χ1n) is 6.67. The number of benzene rings is 1. The van der Waals surface area contributed by atoms with Crippen molar-refractivity contribution in [3.63, 3.8) is 0 Å². The number of rotatable bonds is 8. The molecule has 0 saturated heterocycles. The Labute approximate surface area is 128 Å². The molecule has 0 aliphatic heterocycles. The largest absolute Gasteiger partial charge is 0.481 e. The molecule has 0 aliphatic carbocycles. The van der Waals surface area contributed by atoms with Crippen LogP contribution in [0.1, 0.15) is 6.42 Å². The number of hydrogen-bond acceptors (Lipinski definition) is 4. The Morgan fingerprint density at radius 1 is 1.38 bits per heavy atom. The van der Waals surface area contributed by atoms with Crippen LogP contribution < -0.4 is 0 Å². The zero-order chi connectivity index (χ0) is 15.1. The molecule has 0 fully saturated rings. The molecule has 0 radical (unpaired) electrons. The standard InChI is InChI=1S/C15H18N2O3S/c1-20-9-5-8-17-13(12-6-3-2-4-7-12)10-16-15(17)21-11-14(18)19/h2-4,6-7,10H,5,8-9,11H2,1H3,(H,18,19). The highest BCUT2D eigenvalue weighted by atomic mass is 32.2. The number of ether oxygens (including phenoxy) is 1. The van der Waals surface area contributed by atoms with Crippen molar-refractivity contribution in [2.24, 2.45) is 0 Å². The summed E-state index contributed by atoms with van der Waals surface area (Å²) < 4.78 is 7.15. The van der Waals surface area contributed by atoms with E-state index in [1.54, 1.807) is 13.3 Å². The third kappa shape index (κ3) is 4.34. The van der Waals surface area contributed by atoms with Crippen LogP contribution in [-0.2, 0) is 16.1 Å². The number of nitrogens with zero attached hydrogens (tertiary/aromatic N) is 2. The van der Waals surface area contributed by atoms with Crippen molar-refractivity contribution in [1.29, 1.82) is 0 Å². The predicted molar refractivity (Wildman–Crippen MR) is 82.5 cm³/mol. The molecule has 0 saturated carbocycles. The number of carboxylic acids is 1. The van der Waals surface area contributed by atoms with Gasteiger partial charge in [-0.25, -0.2) is 4.98 Å². The number of imidazole rings is 1. The summed E-state index contributed by atoms with van der Waals surface area (Å²) in [5, 5.41) is 9.55. The summed E-state index contributed by atoms with van der Waals surface area (Å²) in [5.41, 5.74) is 2.07. The van der Waals surface area contributed by atoms with Gasteiger partial charge in [0.25, 0.3) is 0 Å². The molecule has 5 nitrogen and oxygen atoms in total. The SMILES string of the molecule is COCCCn1c(-c2ccccc2)cnc1SCC(=O)O. The minimum absolute atomic E-state index is 0.00945. The Morgan fingerprint density at radius 2 is 2.14 bits per heavy atom. The Kier molecular flexibility index (Phi) is 5.83. The van der Waals surface area contributed by atoms with E-state index in [2.05, 4.69) is 9.55 Å². The monoisotopic (exact) mass is 306 g/mol. The van der Waals surface area contributed by atoms with Gasteiger partial charge in [0.2, 0.25) is 0 Å². The van der Waals surface area contributed by atoms with Crippen LogP contribution in [0.3, 0.4) is 0 Å². The maximum atomic E-state index is 10.7. The Bertz CT molecular complexity index is 584. The Balaban J connectivity index is 2.24. The van der Waals surface area contributed by atoms with E-state index in [9.17, 15) is 4.79 Å². The van der Waals surface area contributed by atoms with Crippen LogP contribution in [0.25, 0.3) is 11.3 Å². The van der Waals surface area contributed by atoms with Gasteiger partial charge in [-0.05, 0) is 12.0 Å². The maximum absolute atomic E-state index is 10.7. The topological polar surface area (TPSA) is 64.4 Å². The van der Waals surface area contributed by atoms with Gasteiger partial charge in [0, 0.05) is 20.3 Å². The van der Waals surface area contributed by atoms with Gasteiger partial charge in [-0.3, -0.25) is 4.79 Å². The average Bonchev–Trinajstić information content (AvgIpc) is 2.89. The van der Waals surface area contributed by atoms with Gasteiger partial charge in [0.05, 0.1) is 17.6 Å². The molecule has 0 unspecified atom stereocenters. The van der Waals surface area contributed by atoms with Gasteiger partial charge in [0.1, 0.15) is 0 Å². The lowest BCUT2D eigenvalue weighted by Gasteiger charge is -2.11. The van der Waals surface area contributed by atoms with Crippen molar-refractivity contribution in [2.45, 2.75) is 18.1 Å². The normalized spacial score (nSPS) is 10.7. The van der Waals surface area contributed by atoms with Crippen LogP contribution >= 0.6 is 11.8 Å². The first-order valence-corrected chi connectivity index (χ1v) is 7.65. The molecular weight excluding hydrogens is 288 g/mol. The fraction of sp³-hybridized carbons (Fsp3) is 0.333. The summed E-state index contributed by atoms with van der Waals surface area (Å²) in [6.45, 7) is 1.41. The molecule has 1 aromatic heterocycles. The van der Waals surface area contributed by atoms with E-state index in [4.69, 9.17) is 9.84 Å². The molecule has 2 aromatic rings. The second kappa shape index (κ2) is 7.85. The number of methoxy groups -OCH3 is 1. The van der Waals surface area contributed by atoms with Crippen molar-refractivity contribution in [3.05, 3.63) is 36.5 Å². The number of hydrogen-bond donors (Lipinski definition) is 1. The molecule has 0 atom stereocenters. The number of aliphatic carboxylic acids is 1. The van der Waals surface area contributed by atoms with Gasteiger partial charge in [-0.1, -0.05) is 42.1 Å². The molecule has 0 aliphatic rings. The number of aromatic nitrogens is 2. The fourth-order valence-electron chi connectivity index (χ4n) is 2.02. The van der Waals surface area contributed by atoms with Gasteiger partial charge in [0.15, 0.2) is 5.16 Å². The second-order valence-corrected chi connectivity index (χ2v) is 5.41. The number of thioether (sulfide) groups is 1. The first kappa shape index (κ1) is 15.6. The molecule has 6 heteroatoms. The van der Waals surface area contributed by atoms with Crippen LogP contribution in [0.5, 0.6) is 0 Å². The van der Waals surface area contributed by atoms with Gasteiger partial charge >= 0.3 is 5.97 Å². The Hall–Kier alpha value is -1.79. The van der Waals surface area contributed by atoms with Crippen LogP contribution in [0.2, 0.25) is 0 Å². The van der Waals surface area contributed by atoms with Crippen molar-refractivity contribution in [2.75, 3.05) is 19.5 Å². The van der Waals surface area contributed by atoms with E-state index in [1.165, 1.54) is 11.8 Å². The number of carbonyl (C=O) groups is 1. The highest BCUT2D eigenvalue weighted by Gasteiger charge is 2.13. The molecular formula is C15H18N2O3S. The molecule has 0 amide bonds. The van der Waals surface area contributed by atoms with Gasteiger partial charge in [-0.15, -0.1) is 0 Å². The van der Waals surface area contributed by atoms with Crippen LogP contribution in [0, 0.1) is 0 Å². The lowest BCUT2D eigenvalue weighted by atomic mass is 10.2. The van der Waals surface area contributed by atoms with E-state index >= 15 is 0 Å². The lowest BCUT2D eigenvalue weighted by Crippen LogP contribution is -2.06. The minimum Gasteiger partial charge on any atom is -0.481 e. The zero-order valence-electron chi connectivity index (χ0n) is 11.9. The minimum atomic E-state index is -0.840. The molecule has 1 heterocycles. The third-order valence-electron chi connectivity index (χ3n) is 2.94. The molecule has 21 heavy (non-hydrogen) atoms. The van der Waals surface area contributed by atoms with E-state index < -0.39 is 5.97 Å². The number of carboxylic acid groups (broad SMARTS) is 1. The first-order chi connectivity index (χ1) is 10.2. The van der Waals surface area contributed by atoms with Crippen LogP contribution in [-0.4, -0.2) is 40.1 Å². The van der Waals surface area contributed by atoms with Crippen LogP contribution in [0.15, 0.2) is 41.7 Å². The third-order valence-corrected chi connectivity index (χ3v) is 3.92. The molecule has 0 bridgehead atoms. The predicted octanol–water partition coefficient (Wildman–Crippen LogP) is 2.76. The fourth-order valence-corrected chi connectivity index (χ4v) is 2.75. The zero-order valence-corrected chi connectivity index (χ0v) is 12.7. The highest BCUT2D eigenvalue weighted by molar-refractivity contribution is 7.99. The van der Waals surface area contributed by atoms with E-state index in [1.807, 2.05) is 30.3 Å². The quantitative estimate of drug-likeness (QED) is 0.600. The lowest BCUT2D eigenvalue weighted by molar-refractivity contribution is -0.133. The Morgan fingerprint density at radius 3 is 2.81 bits per heavy atom. The molecule has 2 rings (SSSR count). The molecule has 0 spiro atoms. The summed E-state index contributed by atoms with van der Waals surface area (Å²) in [5.74, 6) is -0.831. The van der Waals surface area contributed by atoms with E-state index in [-0.39, 0.29) is 5.75 Å². The summed E-state index contributed by atoms with van der Waals surface area (Å²) in [7, 11) is 1.67. The molecule has 1 N–H and O–H groups in total. The van der Waals surface area contributed by atoms with Crippen molar-refractivity contribution in [1.82, 2.24) is 9.55 Å². The van der Waals surface area contributed by atoms with E-state index in [0.29, 0.717) is 6.61 Å². The maximum Gasteiger partial charge on any atom is 0.313 e. The molecule has 1 aromatic carbocycles. The van der Waals surface area contributed by atoms with Crippen molar-refractivity contribution in [3.8, 4) is 11.3 Å². The highest BCUT2D eigenvalue weighted by Crippen LogP contribution is 2.26. The summed E-state index contributed by atoms with van der Waals surface area (Å²) >= 11 is 1.24. The van der Waals surface area contributed by atoms with Gasteiger partial charge < -0.3 is 14.4 Å². The van der Waals surface area contributed by atoms with Gasteiger partial charge in [-0.2, -0.15) is 0 Å². The smallest absolute Gasteiger partial charge is 0.313 e. The van der Waals surface area contributed by atoms with E-state index in [0.717, 1.165) is 29.4 Å². The summed E-state index contributed by atoms with van der Waals surface area (Å²) in [6.07, 6.45) is 2.65. The molecule has 112 valence electrons. The summed E-state index contributed by atoms with van der Waals surface area (Å²) in [4.78, 5) is 15.1. The average molecular weight is 306 g/mol. The van der Waals surface area contributed by atoms with Crippen molar-refractivity contribution >= 4 is 17.7 Å². The summed E-state index contributed by atoms with van der Waals surface area (Å²) in [6, 6.07) is 9.97.